The topological polar surface area (TPSA) is 183 Å². The Bertz CT molecular complexity index is 2640. The molecule has 354 valence electrons. The van der Waals surface area contributed by atoms with Crippen LogP contribution in [0.25, 0.3) is 11.0 Å². The lowest BCUT2D eigenvalue weighted by Crippen LogP contribution is -2.63. The van der Waals surface area contributed by atoms with Crippen LogP contribution in [0.1, 0.15) is 106 Å². The molecule has 5 atom stereocenters. The molecule has 14 heteroatoms. The van der Waals surface area contributed by atoms with Gasteiger partial charge in [-0.2, -0.15) is 0 Å². The zero-order valence-corrected chi connectivity index (χ0v) is 37.7. The van der Waals surface area contributed by atoms with E-state index in [2.05, 4.69) is 6.92 Å². The number of fused-ring (bicyclic) bond motifs is 1. The largest absolute Gasteiger partial charge is 0.504 e. The summed E-state index contributed by atoms with van der Waals surface area (Å²) in [5.41, 5.74) is -0.406. The molecule has 68 heavy (non-hydrogen) atoms. The highest BCUT2D eigenvalue weighted by Crippen LogP contribution is 2.36. The highest BCUT2D eigenvalue weighted by Gasteiger charge is 2.54. The average Bonchev–Trinajstić information content (AvgIpc) is 3.37. The fraction of sp³-hybridized carbons (Fsp3) is 0.315. The van der Waals surface area contributed by atoms with Crippen LogP contribution in [0, 0.1) is 0 Å². The molecule has 1 aromatic heterocycles. The normalized spacial score (nSPS) is 17.7. The molecule has 0 unspecified atom stereocenters. The van der Waals surface area contributed by atoms with E-state index in [-0.39, 0.29) is 51.3 Å². The molecule has 0 spiro atoms. The second-order valence-corrected chi connectivity index (χ2v) is 16.2. The van der Waals surface area contributed by atoms with Crippen LogP contribution in [0.5, 0.6) is 17.2 Å². The summed E-state index contributed by atoms with van der Waals surface area (Å²) >= 11 is 0. The Kier molecular flexibility index (Phi) is 17.4. The minimum Gasteiger partial charge on any atom is -0.504 e. The van der Waals surface area contributed by atoms with Crippen molar-refractivity contribution in [2.75, 3.05) is 13.2 Å². The van der Waals surface area contributed by atoms with Gasteiger partial charge in [-0.05, 0) is 67.1 Å². The third kappa shape index (κ3) is 12.9. The Balaban J connectivity index is 1.20. The van der Waals surface area contributed by atoms with Crippen molar-refractivity contribution in [2.45, 2.75) is 95.4 Å². The summed E-state index contributed by atoms with van der Waals surface area (Å²) in [5, 5.41) is 11.4. The minimum atomic E-state index is -1.68. The average molecular weight is 927 g/mol. The van der Waals surface area contributed by atoms with Crippen molar-refractivity contribution in [3.63, 3.8) is 0 Å². The Labute approximate surface area is 393 Å². The van der Waals surface area contributed by atoms with Gasteiger partial charge in [0.25, 0.3) is 0 Å². The summed E-state index contributed by atoms with van der Waals surface area (Å²) in [6, 6.07) is 36.3. The molecule has 14 nitrogen and oxygen atoms in total. The maximum Gasteiger partial charge on any atom is 0.383 e. The van der Waals surface area contributed by atoms with E-state index in [0.29, 0.717) is 6.42 Å². The van der Waals surface area contributed by atoms with Gasteiger partial charge in [0.2, 0.25) is 18.1 Å². The van der Waals surface area contributed by atoms with Crippen molar-refractivity contribution in [2.24, 2.45) is 0 Å². The Morgan fingerprint density at radius 1 is 0.559 bits per heavy atom. The molecule has 0 amide bonds. The molecule has 0 radical (unpaired) electrons. The van der Waals surface area contributed by atoms with Crippen LogP contribution in [0.15, 0.2) is 149 Å². The molecule has 6 aromatic rings. The number of rotatable bonds is 22. The molecule has 1 N–H and O–H groups in total. The number of ether oxygens (including phenoxy) is 7. The van der Waals surface area contributed by atoms with Crippen molar-refractivity contribution in [3.05, 3.63) is 172 Å². The molecule has 1 aliphatic rings. The van der Waals surface area contributed by atoms with Crippen LogP contribution in [0.3, 0.4) is 0 Å². The SMILES string of the molecule is CCCCCCCCCCCOc1c(O)c2ccc(O[C@@H]3O[C@H](COC(=O)c4ccccc4)[C@@H](OC(=O)c4ccccc4)[C@H](OC(=O)c4ccccc4)[C@H]3OC(=O)c3ccccc3)cc2oc1=O. The van der Waals surface area contributed by atoms with E-state index in [1.807, 2.05) is 0 Å². The molecule has 5 aromatic carbocycles. The number of aromatic hydroxyl groups is 1. The van der Waals surface area contributed by atoms with Gasteiger partial charge in [0.15, 0.2) is 18.0 Å². The van der Waals surface area contributed by atoms with Crippen molar-refractivity contribution >= 4 is 34.8 Å². The molecule has 1 fully saturated rings. The van der Waals surface area contributed by atoms with E-state index in [9.17, 15) is 29.1 Å². The maximum atomic E-state index is 14.0. The Hall–Kier alpha value is -7.45. The lowest BCUT2D eigenvalue weighted by atomic mass is 9.97. The number of unbranched alkanes of at least 4 members (excludes halogenated alkanes) is 8. The van der Waals surface area contributed by atoms with Crippen LogP contribution < -0.4 is 15.1 Å². The molecule has 7 rings (SSSR count). The van der Waals surface area contributed by atoms with E-state index in [0.717, 1.165) is 19.3 Å². The van der Waals surface area contributed by atoms with E-state index < -0.39 is 72.6 Å². The van der Waals surface area contributed by atoms with E-state index in [1.165, 1.54) is 86.7 Å². The van der Waals surface area contributed by atoms with E-state index in [1.54, 1.807) is 84.9 Å². The lowest BCUT2D eigenvalue weighted by Gasteiger charge is -2.44. The van der Waals surface area contributed by atoms with Crippen molar-refractivity contribution in [3.8, 4) is 17.2 Å². The zero-order chi connectivity index (χ0) is 47.7. The standard InChI is InChI=1S/C54H54O14/c1-2-3-4-5-6-7-8-9-22-33-61-46-44(55)41-32-31-40(34-42(41)64-53(46)60)63-54-48(68-52(59)39-29-20-13-21-30-39)47(67-51(58)38-27-18-12-19-28-38)45(66-50(57)37-25-16-11-17-26-37)43(65-54)35-62-49(56)36-23-14-10-15-24-36/h10-21,23-32,34,43,45,47-48,54-55H,2-9,22,33,35H2,1H3/t43-,45-,47+,48-,54-/m1/s1. The van der Waals surface area contributed by atoms with Gasteiger partial charge in [-0.25, -0.2) is 24.0 Å². The van der Waals surface area contributed by atoms with Crippen LogP contribution in [0.2, 0.25) is 0 Å². The first-order valence-electron chi connectivity index (χ1n) is 22.9. The quantitative estimate of drug-likeness (QED) is 0.0294. The first-order valence-corrected chi connectivity index (χ1v) is 22.9. The van der Waals surface area contributed by atoms with Gasteiger partial charge in [-0.1, -0.05) is 131 Å². The van der Waals surface area contributed by atoms with Crippen LogP contribution in [-0.2, 0) is 23.7 Å². The summed E-state index contributed by atoms with van der Waals surface area (Å²) in [6.45, 7) is 1.84. The lowest BCUT2D eigenvalue weighted by molar-refractivity contribution is -0.275. The molecular formula is C54H54O14. The van der Waals surface area contributed by atoms with Gasteiger partial charge in [-0.15, -0.1) is 0 Å². The van der Waals surface area contributed by atoms with Crippen LogP contribution in [0.4, 0.5) is 0 Å². The maximum absolute atomic E-state index is 14.0. The Morgan fingerprint density at radius 3 is 1.56 bits per heavy atom. The van der Waals surface area contributed by atoms with Crippen molar-refractivity contribution in [1.29, 1.82) is 0 Å². The van der Waals surface area contributed by atoms with Crippen LogP contribution in [-0.4, -0.2) is 72.9 Å². The van der Waals surface area contributed by atoms with Gasteiger partial charge in [0.1, 0.15) is 24.0 Å². The molecule has 0 bridgehead atoms. The van der Waals surface area contributed by atoms with E-state index in [4.69, 9.17) is 37.6 Å². The highest BCUT2D eigenvalue weighted by atomic mass is 16.7. The second kappa shape index (κ2) is 24.4. The number of carbonyl (C=O) groups excluding carboxylic acids is 4. The number of esters is 4. The van der Waals surface area contributed by atoms with Gasteiger partial charge in [0, 0.05) is 6.07 Å². The summed E-state index contributed by atoms with van der Waals surface area (Å²) in [5.74, 6) is -4.09. The van der Waals surface area contributed by atoms with Crippen molar-refractivity contribution in [1.82, 2.24) is 0 Å². The number of hydrogen-bond acceptors (Lipinski definition) is 14. The van der Waals surface area contributed by atoms with E-state index >= 15 is 0 Å². The minimum absolute atomic E-state index is 0.0120. The van der Waals surface area contributed by atoms with Gasteiger partial charge in [0.05, 0.1) is 34.2 Å². The zero-order valence-electron chi connectivity index (χ0n) is 37.7. The summed E-state index contributed by atoms with van der Waals surface area (Å²) < 4.78 is 48.3. The molecule has 0 saturated carbocycles. The first-order chi connectivity index (χ1) is 33.2. The summed E-state index contributed by atoms with van der Waals surface area (Å²) in [4.78, 5) is 68.3. The monoisotopic (exact) mass is 926 g/mol. The predicted octanol–water partition coefficient (Wildman–Crippen LogP) is 10.0. The molecule has 1 aliphatic heterocycles. The molecule has 1 saturated heterocycles. The molecular weight excluding hydrogens is 873 g/mol. The first kappa shape index (κ1) is 48.5. The summed E-state index contributed by atoms with van der Waals surface area (Å²) in [7, 11) is 0. The number of hydrogen-bond donors (Lipinski definition) is 1. The second-order valence-electron chi connectivity index (χ2n) is 16.2. The molecule has 2 heterocycles. The number of benzene rings is 5. The predicted molar refractivity (Wildman–Crippen MR) is 250 cm³/mol. The molecule has 0 aliphatic carbocycles. The number of carbonyl (C=O) groups is 4. The fourth-order valence-electron chi connectivity index (χ4n) is 7.69. The Morgan fingerprint density at radius 2 is 1.03 bits per heavy atom. The van der Waals surface area contributed by atoms with Gasteiger partial charge in [-0.3, -0.25) is 0 Å². The smallest absolute Gasteiger partial charge is 0.383 e. The van der Waals surface area contributed by atoms with Crippen molar-refractivity contribution < 1.29 is 61.9 Å². The van der Waals surface area contributed by atoms with Crippen LogP contribution >= 0.6 is 0 Å². The summed E-state index contributed by atoms with van der Waals surface area (Å²) in [6.07, 6.45) is 1.85. The van der Waals surface area contributed by atoms with Gasteiger partial charge >= 0.3 is 29.5 Å². The third-order valence-electron chi connectivity index (χ3n) is 11.3. The fourth-order valence-corrected chi connectivity index (χ4v) is 7.69. The van der Waals surface area contributed by atoms with Gasteiger partial charge < -0.3 is 42.7 Å². The third-order valence-corrected chi connectivity index (χ3v) is 11.3. The highest BCUT2D eigenvalue weighted by molar-refractivity contribution is 5.92.